The van der Waals surface area contributed by atoms with E-state index in [4.69, 9.17) is 14.6 Å². The van der Waals surface area contributed by atoms with Crippen LogP contribution in [0.3, 0.4) is 0 Å². The molecule has 0 spiro atoms. The lowest BCUT2D eigenvalue weighted by Crippen LogP contribution is -2.41. The molecule has 0 saturated heterocycles. The summed E-state index contributed by atoms with van der Waals surface area (Å²) in [7, 11) is 1.33. The number of carboxylic acid groups (broad SMARTS) is 1. The van der Waals surface area contributed by atoms with Crippen LogP contribution in [0.2, 0.25) is 0 Å². The summed E-state index contributed by atoms with van der Waals surface area (Å²) in [4.78, 5) is 48.5. The van der Waals surface area contributed by atoms with Gasteiger partial charge in [-0.25, -0.2) is 19.2 Å². The Balaban J connectivity index is 0.000000331. The maximum Gasteiger partial charge on any atom is 0.410 e. The van der Waals surface area contributed by atoms with E-state index < -0.39 is 35.3 Å². The second-order valence-electron chi connectivity index (χ2n) is 9.64. The second-order valence-corrected chi connectivity index (χ2v) is 9.64. The molecule has 0 saturated carbocycles. The van der Waals surface area contributed by atoms with E-state index >= 15 is 0 Å². The maximum atomic E-state index is 11.8. The number of carboxylic acids is 1. The molecule has 2 heterocycles. The number of carbonyl (C=O) groups is 4. The van der Waals surface area contributed by atoms with Crippen molar-refractivity contribution >= 4 is 24.1 Å². The van der Waals surface area contributed by atoms with E-state index in [0.29, 0.717) is 31.5 Å². The van der Waals surface area contributed by atoms with Crippen molar-refractivity contribution in [3.8, 4) is 0 Å². The lowest BCUT2D eigenvalue weighted by Gasteiger charge is -2.29. The van der Waals surface area contributed by atoms with Crippen LogP contribution in [0, 0.1) is 0 Å². The molecule has 186 valence electrons. The zero-order valence-electron chi connectivity index (χ0n) is 20.6. The lowest BCUT2D eigenvalue weighted by molar-refractivity contribution is -0.136. The number of esters is 1. The predicted molar refractivity (Wildman–Crippen MR) is 121 cm³/mol. The Bertz CT molecular complexity index is 802. The highest BCUT2D eigenvalue weighted by Gasteiger charge is 2.27. The Morgan fingerprint density at radius 2 is 1.18 bits per heavy atom. The third-order valence-electron chi connectivity index (χ3n) is 4.33. The molecule has 0 aromatic heterocycles. The molecule has 1 N–H and O–H groups in total. The molecule has 2 aliphatic heterocycles. The van der Waals surface area contributed by atoms with E-state index in [1.807, 2.05) is 20.8 Å². The molecule has 2 amide bonds. The first kappa shape index (κ1) is 28.0. The van der Waals surface area contributed by atoms with E-state index in [1.165, 1.54) is 16.9 Å². The van der Waals surface area contributed by atoms with Crippen molar-refractivity contribution in [1.82, 2.24) is 9.80 Å². The average molecular weight is 469 g/mol. The van der Waals surface area contributed by atoms with Gasteiger partial charge in [-0.1, -0.05) is 12.2 Å². The fourth-order valence-electron chi connectivity index (χ4n) is 2.89. The van der Waals surface area contributed by atoms with Gasteiger partial charge in [0.05, 0.1) is 31.3 Å². The topological polar surface area (TPSA) is 123 Å². The Morgan fingerprint density at radius 3 is 1.55 bits per heavy atom. The van der Waals surface area contributed by atoms with Crippen LogP contribution in [0.15, 0.2) is 23.3 Å². The standard InChI is InChI=1S/C12H19NO4.C11H17NO4/c1-12(2,3)17-11(15)13-7-5-6-9(8-13)10(14)16-4;1-11(2,3)16-10(15)12-6-4-5-8(7-12)9(13)14/h6H,5,7-8H2,1-4H3;5H,4,6-7H2,1-3H3,(H,13,14). The van der Waals surface area contributed by atoms with Gasteiger partial charge in [0.15, 0.2) is 0 Å². The molecular formula is C23H36N2O8. The molecule has 0 aromatic carbocycles. The molecule has 2 aliphatic rings. The normalized spacial score (nSPS) is 16.5. The summed E-state index contributed by atoms with van der Waals surface area (Å²) >= 11 is 0. The smallest absolute Gasteiger partial charge is 0.410 e. The van der Waals surface area contributed by atoms with Crippen molar-refractivity contribution in [2.45, 2.75) is 65.6 Å². The van der Waals surface area contributed by atoms with Gasteiger partial charge < -0.3 is 29.1 Å². The molecule has 0 atom stereocenters. The van der Waals surface area contributed by atoms with E-state index in [-0.39, 0.29) is 18.7 Å². The van der Waals surface area contributed by atoms with Crippen LogP contribution in [0.25, 0.3) is 0 Å². The molecule has 0 aromatic rings. The van der Waals surface area contributed by atoms with Crippen molar-refractivity contribution in [3.63, 3.8) is 0 Å². The summed E-state index contributed by atoms with van der Waals surface area (Å²) in [6.45, 7) is 12.2. The quantitative estimate of drug-likeness (QED) is 0.483. The zero-order chi connectivity index (χ0) is 25.4. The molecule has 0 fully saturated rings. The lowest BCUT2D eigenvalue weighted by atomic mass is 10.1. The van der Waals surface area contributed by atoms with Gasteiger partial charge in [-0.2, -0.15) is 0 Å². The Labute approximate surface area is 195 Å². The SMILES string of the molecule is CC(C)(C)OC(=O)N1CCC=C(C(=O)O)C1.COC(=O)C1=CCCN(C(=O)OC(C)(C)C)C1. The highest BCUT2D eigenvalue weighted by molar-refractivity contribution is 5.90. The van der Waals surface area contributed by atoms with Crippen LogP contribution in [-0.2, 0) is 23.8 Å². The van der Waals surface area contributed by atoms with Crippen molar-refractivity contribution in [1.29, 1.82) is 0 Å². The van der Waals surface area contributed by atoms with Gasteiger partial charge in [0.25, 0.3) is 0 Å². The molecule has 10 heteroatoms. The summed E-state index contributed by atoms with van der Waals surface area (Å²) < 4.78 is 15.1. The van der Waals surface area contributed by atoms with Gasteiger partial charge in [-0.3, -0.25) is 0 Å². The highest BCUT2D eigenvalue weighted by atomic mass is 16.6. The number of aliphatic carboxylic acids is 1. The Morgan fingerprint density at radius 1 is 0.788 bits per heavy atom. The maximum absolute atomic E-state index is 11.8. The van der Waals surface area contributed by atoms with Gasteiger partial charge >= 0.3 is 24.1 Å². The first-order chi connectivity index (χ1) is 15.1. The zero-order valence-corrected chi connectivity index (χ0v) is 20.6. The first-order valence-electron chi connectivity index (χ1n) is 10.8. The molecule has 0 aliphatic carbocycles. The molecular weight excluding hydrogens is 432 g/mol. The van der Waals surface area contributed by atoms with Gasteiger partial charge in [0, 0.05) is 13.1 Å². The van der Waals surface area contributed by atoms with Gasteiger partial charge in [0.2, 0.25) is 0 Å². The third kappa shape index (κ3) is 10.4. The van der Waals surface area contributed by atoms with E-state index in [1.54, 1.807) is 32.9 Å². The predicted octanol–water partition coefficient (Wildman–Crippen LogP) is 3.36. The minimum atomic E-state index is -0.978. The molecule has 33 heavy (non-hydrogen) atoms. The van der Waals surface area contributed by atoms with Gasteiger partial charge in [-0.05, 0) is 54.4 Å². The minimum Gasteiger partial charge on any atom is -0.478 e. The van der Waals surface area contributed by atoms with Crippen LogP contribution in [-0.4, -0.2) is 83.5 Å². The summed E-state index contributed by atoms with van der Waals surface area (Å²) in [5.74, 6) is -1.37. The van der Waals surface area contributed by atoms with Crippen LogP contribution in [0.5, 0.6) is 0 Å². The Hall–Kier alpha value is -3.04. The Kier molecular flexibility index (Phi) is 9.94. The third-order valence-corrected chi connectivity index (χ3v) is 4.33. The molecule has 0 bridgehead atoms. The number of ether oxygens (including phenoxy) is 3. The summed E-state index contributed by atoms with van der Waals surface area (Å²) in [5.41, 5.74) is -0.326. The monoisotopic (exact) mass is 468 g/mol. The highest BCUT2D eigenvalue weighted by Crippen LogP contribution is 2.16. The molecule has 2 rings (SSSR count). The molecule has 0 radical (unpaired) electrons. The van der Waals surface area contributed by atoms with E-state index in [2.05, 4.69) is 4.74 Å². The van der Waals surface area contributed by atoms with Crippen molar-refractivity contribution in [3.05, 3.63) is 23.3 Å². The van der Waals surface area contributed by atoms with E-state index in [0.717, 1.165) is 0 Å². The number of amides is 2. The summed E-state index contributed by atoms with van der Waals surface area (Å²) in [5, 5.41) is 8.82. The molecule has 10 nitrogen and oxygen atoms in total. The van der Waals surface area contributed by atoms with Crippen LogP contribution >= 0.6 is 0 Å². The van der Waals surface area contributed by atoms with Crippen molar-refractivity contribution in [2.24, 2.45) is 0 Å². The van der Waals surface area contributed by atoms with Crippen LogP contribution in [0.4, 0.5) is 9.59 Å². The fraction of sp³-hybridized carbons (Fsp3) is 0.652. The van der Waals surface area contributed by atoms with Gasteiger partial charge in [-0.15, -0.1) is 0 Å². The second kappa shape index (κ2) is 11.7. The summed E-state index contributed by atoms with van der Waals surface area (Å²) in [6.07, 6.45) is 3.78. The van der Waals surface area contributed by atoms with E-state index in [9.17, 15) is 19.2 Å². The minimum absolute atomic E-state index is 0.115. The number of carbonyl (C=O) groups excluding carboxylic acids is 3. The number of hydrogen-bond acceptors (Lipinski definition) is 7. The summed E-state index contributed by atoms with van der Waals surface area (Å²) in [6, 6.07) is 0. The van der Waals surface area contributed by atoms with Crippen LogP contribution in [0.1, 0.15) is 54.4 Å². The van der Waals surface area contributed by atoms with Crippen molar-refractivity contribution < 1.29 is 38.5 Å². The largest absolute Gasteiger partial charge is 0.478 e. The fourth-order valence-corrected chi connectivity index (χ4v) is 2.89. The number of rotatable bonds is 2. The average Bonchev–Trinajstić information content (AvgIpc) is 2.71. The molecule has 0 unspecified atom stereocenters. The van der Waals surface area contributed by atoms with Crippen molar-refractivity contribution in [2.75, 3.05) is 33.3 Å². The van der Waals surface area contributed by atoms with Gasteiger partial charge in [0.1, 0.15) is 11.2 Å². The number of methoxy groups -OCH3 is 1. The van der Waals surface area contributed by atoms with Crippen LogP contribution < -0.4 is 0 Å². The number of nitrogens with zero attached hydrogens (tertiary/aromatic N) is 2. The number of hydrogen-bond donors (Lipinski definition) is 1. The first-order valence-corrected chi connectivity index (χ1v) is 10.8.